The van der Waals surface area contributed by atoms with Crippen molar-refractivity contribution in [1.29, 1.82) is 0 Å². The molecule has 1 N–H and O–H groups in total. The molecular weight excluding hydrogens is 320 g/mol. The number of methoxy groups -OCH3 is 3. The van der Waals surface area contributed by atoms with E-state index in [2.05, 4.69) is 10.3 Å². The molecule has 0 aliphatic carbocycles. The van der Waals surface area contributed by atoms with Crippen molar-refractivity contribution in [3.63, 3.8) is 0 Å². The molecular formula is C19H26N2O4. The Labute approximate surface area is 149 Å². The maximum absolute atomic E-state index is 5.54. The first-order valence-electron chi connectivity index (χ1n) is 8.18. The molecule has 6 heteroatoms. The van der Waals surface area contributed by atoms with Gasteiger partial charge in [0.25, 0.3) is 0 Å². The average molecular weight is 346 g/mol. The first-order chi connectivity index (χ1) is 12.1. The highest BCUT2D eigenvalue weighted by atomic mass is 16.5. The van der Waals surface area contributed by atoms with Gasteiger partial charge in [-0.15, -0.1) is 0 Å². The molecule has 0 atom stereocenters. The minimum atomic E-state index is 0.122. The predicted molar refractivity (Wildman–Crippen MR) is 96.6 cm³/mol. The molecule has 2 rings (SSSR count). The number of hydrogen-bond acceptors (Lipinski definition) is 6. The van der Waals surface area contributed by atoms with Crippen molar-refractivity contribution in [2.75, 3.05) is 21.3 Å². The van der Waals surface area contributed by atoms with Crippen LogP contribution in [0.25, 0.3) is 0 Å². The second-order valence-electron chi connectivity index (χ2n) is 5.81. The molecule has 0 fully saturated rings. The van der Waals surface area contributed by atoms with Crippen molar-refractivity contribution >= 4 is 0 Å². The van der Waals surface area contributed by atoms with Crippen molar-refractivity contribution in [1.82, 2.24) is 10.3 Å². The fraction of sp³-hybridized carbons (Fsp3) is 0.421. The quantitative estimate of drug-likeness (QED) is 0.752. The van der Waals surface area contributed by atoms with Gasteiger partial charge in [0.15, 0.2) is 11.5 Å². The summed E-state index contributed by atoms with van der Waals surface area (Å²) in [5.74, 6) is 2.54. The van der Waals surface area contributed by atoms with Gasteiger partial charge in [0.1, 0.15) is 0 Å². The molecule has 0 aliphatic heterocycles. The Balaban J connectivity index is 1.97. The van der Waals surface area contributed by atoms with E-state index in [-0.39, 0.29) is 6.10 Å². The van der Waals surface area contributed by atoms with Crippen LogP contribution in [0.1, 0.15) is 25.0 Å². The van der Waals surface area contributed by atoms with E-state index in [1.807, 2.05) is 44.3 Å². The highest BCUT2D eigenvalue weighted by molar-refractivity contribution is 5.53. The van der Waals surface area contributed by atoms with Crippen LogP contribution >= 0.6 is 0 Å². The largest absolute Gasteiger partial charge is 0.493 e. The normalized spacial score (nSPS) is 10.6. The highest BCUT2D eigenvalue weighted by Gasteiger charge is 2.12. The fourth-order valence-electron chi connectivity index (χ4n) is 2.42. The van der Waals surface area contributed by atoms with Crippen LogP contribution in [0.5, 0.6) is 23.1 Å². The summed E-state index contributed by atoms with van der Waals surface area (Å²) in [4.78, 5) is 4.30. The zero-order valence-electron chi connectivity index (χ0n) is 15.5. The van der Waals surface area contributed by atoms with Crippen LogP contribution in [-0.2, 0) is 13.1 Å². The van der Waals surface area contributed by atoms with Crippen LogP contribution in [0, 0.1) is 0 Å². The lowest BCUT2D eigenvalue weighted by atomic mass is 10.1. The third-order valence-corrected chi connectivity index (χ3v) is 3.54. The van der Waals surface area contributed by atoms with Gasteiger partial charge in [0, 0.05) is 25.4 Å². The maximum Gasteiger partial charge on any atom is 0.213 e. The lowest BCUT2D eigenvalue weighted by Gasteiger charge is -2.14. The Hall–Kier alpha value is -2.47. The molecule has 1 aromatic carbocycles. The molecule has 1 heterocycles. The molecule has 0 saturated carbocycles. The Morgan fingerprint density at radius 3 is 2.04 bits per heavy atom. The summed E-state index contributed by atoms with van der Waals surface area (Å²) in [6.45, 7) is 5.33. The second kappa shape index (κ2) is 9.13. The summed E-state index contributed by atoms with van der Waals surface area (Å²) in [7, 11) is 4.82. The second-order valence-corrected chi connectivity index (χ2v) is 5.81. The van der Waals surface area contributed by atoms with Gasteiger partial charge < -0.3 is 24.3 Å². The molecule has 0 bridgehead atoms. The Kier molecular flexibility index (Phi) is 6.89. The van der Waals surface area contributed by atoms with Gasteiger partial charge in [-0.05, 0) is 37.1 Å². The van der Waals surface area contributed by atoms with Crippen LogP contribution in [-0.4, -0.2) is 32.4 Å². The predicted octanol–water partition coefficient (Wildman–Crippen LogP) is 3.18. The number of benzene rings is 1. The average Bonchev–Trinajstić information content (AvgIpc) is 2.61. The molecule has 0 amide bonds. The monoisotopic (exact) mass is 346 g/mol. The van der Waals surface area contributed by atoms with Crippen molar-refractivity contribution < 1.29 is 18.9 Å². The van der Waals surface area contributed by atoms with Gasteiger partial charge >= 0.3 is 0 Å². The summed E-state index contributed by atoms with van der Waals surface area (Å²) < 4.78 is 21.6. The van der Waals surface area contributed by atoms with Gasteiger partial charge in [-0.3, -0.25) is 0 Å². The number of aromatic nitrogens is 1. The van der Waals surface area contributed by atoms with E-state index in [4.69, 9.17) is 18.9 Å². The van der Waals surface area contributed by atoms with Crippen molar-refractivity contribution in [2.45, 2.75) is 33.0 Å². The minimum Gasteiger partial charge on any atom is -0.493 e. The zero-order valence-corrected chi connectivity index (χ0v) is 15.5. The van der Waals surface area contributed by atoms with Crippen LogP contribution in [0.15, 0.2) is 30.5 Å². The van der Waals surface area contributed by atoms with E-state index in [1.54, 1.807) is 21.3 Å². The summed E-state index contributed by atoms with van der Waals surface area (Å²) in [6.07, 6.45) is 1.94. The van der Waals surface area contributed by atoms with E-state index in [0.29, 0.717) is 36.2 Å². The number of nitrogens with one attached hydrogen (secondary N) is 1. The lowest BCUT2D eigenvalue weighted by Crippen LogP contribution is -2.13. The highest BCUT2D eigenvalue weighted by Crippen LogP contribution is 2.38. The van der Waals surface area contributed by atoms with Gasteiger partial charge in [-0.2, -0.15) is 0 Å². The van der Waals surface area contributed by atoms with Crippen molar-refractivity contribution in [2.24, 2.45) is 0 Å². The van der Waals surface area contributed by atoms with Gasteiger partial charge in [-0.1, -0.05) is 6.07 Å². The van der Waals surface area contributed by atoms with Gasteiger partial charge in [-0.25, -0.2) is 4.98 Å². The number of rotatable bonds is 9. The Morgan fingerprint density at radius 1 is 0.920 bits per heavy atom. The van der Waals surface area contributed by atoms with Gasteiger partial charge in [0.2, 0.25) is 11.6 Å². The number of ether oxygens (including phenoxy) is 4. The summed E-state index contributed by atoms with van der Waals surface area (Å²) in [5, 5.41) is 3.39. The molecule has 0 aliphatic rings. The molecule has 6 nitrogen and oxygen atoms in total. The SMILES string of the molecule is COc1cc(CNCc2ccc(OC(C)C)nc2)cc(OC)c1OC. The zero-order chi connectivity index (χ0) is 18.2. The summed E-state index contributed by atoms with van der Waals surface area (Å²) in [5.41, 5.74) is 2.13. The molecule has 0 radical (unpaired) electrons. The smallest absolute Gasteiger partial charge is 0.213 e. The molecule has 1 aromatic heterocycles. The van der Waals surface area contributed by atoms with E-state index >= 15 is 0 Å². The third kappa shape index (κ3) is 5.26. The summed E-state index contributed by atoms with van der Waals surface area (Å²) in [6, 6.07) is 7.77. The van der Waals surface area contributed by atoms with E-state index in [0.717, 1.165) is 11.1 Å². The summed E-state index contributed by atoms with van der Waals surface area (Å²) >= 11 is 0. The standard InChI is InChI=1S/C19H26N2O4/c1-13(2)25-18-7-6-14(12-21-18)10-20-11-15-8-16(22-3)19(24-5)17(9-15)23-4/h6-9,12-13,20H,10-11H2,1-5H3. The molecule has 25 heavy (non-hydrogen) atoms. The minimum absolute atomic E-state index is 0.122. The number of hydrogen-bond donors (Lipinski definition) is 1. The molecule has 0 spiro atoms. The van der Waals surface area contributed by atoms with E-state index in [1.165, 1.54) is 0 Å². The maximum atomic E-state index is 5.54. The van der Waals surface area contributed by atoms with E-state index in [9.17, 15) is 0 Å². The molecule has 2 aromatic rings. The van der Waals surface area contributed by atoms with Crippen molar-refractivity contribution in [3.05, 3.63) is 41.6 Å². The van der Waals surface area contributed by atoms with Crippen LogP contribution in [0.3, 0.4) is 0 Å². The first kappa shape index (κ1) is 18.9. The number of pyridine rings is 1. The van der Waals surface area contributed by atoms with Crippen LogP contribution < -0.4 is 24.3 Å². The van der Waals surface area contributed by atoms with E-state index < -0.39 is 0 Å². The lowest BCUT2D eigenvalue weighted by molar-refractivity contribution is 0.232. The van der Waals surface area contributed by atoms with Crippen molar-refractivity contribution in [3.8, 4) is 23.1 Å². The van der Waals surface area contributed by atoms with Gasteiger partial charge in [0.05, 0.1) is 27.4 Å². The first-order valence-corrected chi connectivity index (χ1v) is 8.18. The molecule has 0 saturated heterocycles. The Morgan fingerprint density at radius 2 is 1.56 bits per heavy atom. The topological polar surface area (TPSA) is 61.8 Å². The fourth-order valence-corrected chi connectivity index (χ4v) is 2.42. The molecule has 0 unspecified atom stereocenters. The van der Waals surface area contributed by atoms with Crippen LogP contribution in [0.4, 0.5) is 0 Å². The van der Waals surface area contributed by atoms with Crippen LogP contribution in [0.2, 0.25) is 0 Å². The Bertz CT molecular complexity index is 647. The third-order valence-electron chi connectivity index (χ3n) is 3.54. The number of nitrogens with zero attached hydrogens (tertiary/aromatic N) is 1. The molecule has 136 valence electrons.